The molecule has 17 heavy (non-hydrogen) atoms. The van der Waals surface area contributed by atoms with E-state index in [0.717, 1.165) is 6.42 Å². The highest BCUT2D eigenvalue weighted by molar-refractivity contribution is 4.99. The average Bonchev–Trinajstić information content (AvgIpc) is 2.76. The zero-order valence-corrected chi connectivity index (χ0v) is 11.4. The number of nitrogens with zero attached hydrogens (tertiary/aromatic N) is 2. The van der Waals surface area contributed by atoms with Crippen LogP contribution in [-0.2, 0) is 16.8 Å². The molecule has 98 valence electrons. The van der Waals surface area contributed by atoms with E-state index in [4.69, 9.17) is 15.0 Å². The van der Waals surface area contributed by atoms with E-state index in [0.29, 0.717) is 24.1 Å². The normalized spacial score (nSPS) is 17.1. The third-order valence-corrected chi connectivity index (χ3v) is 3.33. The van der Waals surface area contributed by atoms with Gasteiger partial charge in [0.2, 0.25) is 11.7 Å². The first kappa shape index (κ1) is 14.1. The Kier molecular flexibility index (Phi) is 4.65. The lowest BCUT2D eigenvalue weighted by molar-refractivity contribution is -0.0106. The summed E-state index contributed by atoms with van der Waals surface area (Å²) in [4.78, 5) is 4.36. The summed E-state index contributed by atoms with van der Waals surface area (Å²) in [5.74, 6) is 1.57. The van der Waals surface area contributed by atoms with Crippen molar-refractivity contribution in [2.24, 2.45) is 11.7 Å². The van der Waals surface area contributed by atoms with Crippen molar-refractivity contribution in [3.05, 3.63) is 11.7 Å². The quantitative estimate of drug-likeness (QED) is 0.823. The van der Waals surface area contributed by atoms with Gasteiger partial charge < -0.3 is 15.0 Å². The van der Waals surface area contributed by atoms with Crippen molar-refractivity contribution in [2.45, 2.75) is 52.2 Å². The van der Waals surface area contributed by atoms with Gasteiger partial charge in [-0.3, -0.25) is 0 Å². The van der Waals surface area contributed by atoms with Crippen LogP contribution in [0.25, 0.3) is 0 Å². The van der Waals surface area contributed by atoms with Crippen LogP contribution in [0.1, 0.15) is 45.8 Å². The third kappa shape index (κ3) is 3.26. The van der Waals surface area contributed by atoms with Crippen LogP contribution in [0.3, 0.4) is 0 Å². The van der Waals surface area contributed by atoms with Gasteiger partial charge in [0.15, 0.2) is 0 Å². The van der Waals surface area contributed by atoms with Gasteiger partial charge in [-0.25, -0.2) is 0 Å². The van der Waals surface area contributed by atoms with E-state index in [-0.39, 0.29) is 6.04 Å². The van der Waals surface area contributed by atoms with E-state index in [1.54, 1.807) is 7.11 Å². The Labute approximate surface area is 103 Å². The lowest BCUT2D eigenvalue weighted by Crippen LogP contribution is -2.29. The van der Waals surface area contributed by atoms with Gasteiger partial charge in [0.05, 0.1) is 0 Å². The number of hydrogen-bond donors (Lipinski definition) is 1. The molecule has 0 aliphatic rings. The molecule has 0 amide bonds. The standard InChI is InChI=1S/C12H23N3O2/c1-6-12(4,16-5)11-14-10(17-15-11)7-9(13)8(2)3/h8-9H,6-7,13H2,1-5H3. The first-order chi connectivity index (χ1) is 7.92. The highest BCUT2D eigenvalue weighted by atomic mass is 16.5. The number of aromatic nitrogens is 2. The molecule has 1 heterocycles. The fourth-order valence-corrected chi connectivity index (χ4v) is 1.38. The van der Waals surface area contributed by atoms with Crippen molar-refractivity contribution in [1.82, 2.24) is 10.1 Å². The van der Waals surface area contributed by atoms with Crippen LogP contribution in [0.15, 0.2) is 4.52 Å². The van der Waals surface area contributed by atoms with Crippen LogP contribution in [0.5, 0.6) is 0 Å². The number of rotatable bonds is 6. The minimum atomic E-state index is -0.482. The Bertz CT molecular complexity index is 345. The maximum Gasteiger partial charge on any atom is 0.228 e. The fraction of sp³-hybridized carbons (Fsp3) is 0.833. The molecule has 0 saturated heterocycles. The molecule has 1 rings (SSSR count). The molecule has 2 unspecified atom stereocenters. The molecule has 0 aromatic carbocycles. The second kappa shape index (κ2) is 5.60. The van der Waals surface area contributed by atoms with Crippen molar-refractivity contribution in [3.63, 3.8) is 0 Å². The molecule has 5 nitrogen and oxygen atoms in total. The van der Waals surface area contributed by atoms with Crippen LogP contribution in [0.4, 0.5) is 0 Å². The maximum atomic E-state index is 5.97. The smallest absolute Gasteiger partial charge is 0.228 e. The van der Waals surface area contributed by atoms with E-state index >= 15 is 0 Å². The second-order valence-corrected chi connectivity index (χ2v) is 4.91. The molecule has 5 heteroatoms. The van der Waals surface area contributed by atoms with Crippen molar-refractivity contribution in [3.8, 4) is 0 Å². The zero-order chi connectivity index (χ0) is 13.1. The molecular formula is C12H23N3O2. The average molecular weight is 241 g/mol. The Morgan fingerprint density at radius 2 is 2.12 bits per heavy atom. The Hall–Kier alpha value is -0.940. The monoisotopic (exact) mass is 241 g/mol. The number of methoxy groups -OCH3 is 1. The SMILES string of the molecule is CCC(C)(OC)c1noc(CC(N)C(C)C)n1. The molecule has 0 saturated carbocycles. The van der Waals surface area contributed by atoms with Gasteiger partial charge in [-0.15, -0.1) is 0 Å². The van der Waals surface area contributed by atoms with Crippen LogP contribution < -0.4 is 5.73 Å². The summed E-state index contributed by atoms with van der Waals surface area (Å²) < 4.78 is 10.6. The summed E-state index contributed by atoms with van der Waals surface area (Å²) in [7, 11) is 1.65. The van der Waals surface area contributed by atoms with E-state index < -0.39 is 5.60 Å². The minimum Gasteiger partial charge on any atom is -0.370 e. The topological polar surface area (TPSA) is 74.2 Å². The molecule has 0 radical (unpaired) electrons. The molecule has 1 aromatic heterocycles. The van der Waals surface area contributed by atoms with Gasteiger partial charge in [-0.05, 0) is 19.3 Å². The van der Waals surface area contributed by atoms with Crippen LogP contribution >= 0.6 is 0 Å². The molecule has 0 fully saturated rings. The van der Waals surface area contributed by atoms with Crippen LogP contribution in [-0.4, -0.2) is 23.3 Å². The predicted molar refractivity (Wildman–Crippen MR) is 65.5 cm³/mol. The number of hydrogen-bond acceptors (Lipinski definition) is 5. The summed E-state index contributed by atoms with van der Waals surface area (Å²) in [6, 6.07) is 0.0405. The van der Waals surface area contributed by atoms with Crippen molar-refractivity contribution in [2.75, 3.05) is 7.11 Å². The van der Waals surface area contributed by atoms with E-state index in [1.807, 2.05) is 13.8 Å². The van der Waals surface area contributed by atoms with E-state index in [1.165, 1.54) is 0 Å². The first-order valence-electron chi connectivity index (χ1n) is 6.06. The molecule has 2 atom stereocenters. The minimum absolute atomic E-state index is 0.0405. The highest BCUT2D eigenvalue weighted by Crippen LogP contribution is 2.25. The van der Waals surface area contributed by atoms with E-state index in [2.05, 4.69) is 24.0 Å². The first-order valence-corrected chi connectivity index (χ1v) is 6.06. The predicted octanol–water partition coefficient (Wildman–Crippen LogP) is 1.87. The van der Waals surface area contributed by atoms with Gasteiger partial charge in [0, 0.05) is 19.6 Å². The summed E-state index contributed by atoms with van der Waals surface area (Å²) in [5, 5.41) is 3.98. The Morgan fingerprint density at radius 1 is 1.47 bits per heavy atom. The van der Waals surface area contributed by atoms with Crippen LogP contribution in [0.2, 0.25) is 0 Å². The molecule has 0 bridgehead atoms. The van der Waals surface area contributed by atoms with Crippen molar-refractivity contribution < 1.29 is 9.26 Å². The van der Waals surface area contributed by atoms with Gasteiger partial charge in [0.25, 0.3) is 0 Å². The number of nitrogens with two attached hydrogens (primary N) is 1. The summed E-state index contributed by atoms with van der Waals surface area (Å²) in [6.45, 7) is 8.13. The maximum absolute atomic E-state index is 5.97. The molecule has 0 spiro atoms. The largest absolute Gasteiger partial charge is 0.370 e. The third-order valence-electron chi connectivity index (χ3n) is 3.33. The fourth-order valence-electron chi connectivity index (χ4n) is 1.38. The highest BCUT2D eigenvalue weighted by Gasteiger charge is 2.30. The summed E-state index contributed by atoms with van der Waals surface area (Å²) in [5.41, 5.74) is 5.49. The number of ether oxygens (including phenoxy) is 1. The Morgan fingerprint density at radius 3 is 2.59 bits per heavy atom. The lowest BCUT2D eigenvalue weighted by atomic mass is 10.0. The molecule has 0 aliphatic heterocycles. The van der Waals surface area contributed by atoms with Gasteiger partial charge in [-0.2, -0.15) is 4.98 Å². The lowest BCUT2D eigenvalue weighted by Gasteiger charge is -2.21. The molecule has 2 N–H and O–H groups in total. The summed E-state index contributed by atoms with van der Waals surface area (Å²) >= 11 is 0. The summed E-state index contributed by atoms with van der Waals surface area (Å²) in [6.07, 6.45) is 1.40. The van der Waals surface area contributed by atoms with Crippen molar-refractivity contribution in [1.29, 1.82) is 0 Å². The molecular weight excluding hydrogens is 218 g/mol. The van der Waals surface area contributed by atoms with Crippen molar-refractivity contribution >= 4 is 0 Å². The molecule has 1 aromatic rings. The Balaban J connectivity index is 2.78. The van der Waals surface area contributed by atoms with E-state index in [9.17, 15) is 0 Å². The van der Waals surface area contributed by atoms with Gasteiger partial charge in [-0.1, -0.05) is 25.9 Å². The van der Waals surface area contributed by atoms with Gasteiger partial charge in [0.1, 0.15) is 5.60 Å². The second-order valence-electron chi connectivity index (χ2n) is 4.91. The van der Waals surface area contributed by atoms with Crippen LogP contribution in [0, 0.1) is 5.92 Å². The van der Waals surface area contributed by atoms with Gasteiger partial charge >= 0.3 is 0 Å². The molecule has 0 aliphatic carbocycles. The zero-order valence-electron chi connectivity index (χ0n) is 11.4.